The van der Waals surface area contributed by atoms with Gasteiger partial charge >= 0.3 is 18.2 Å². The first-order valence-electron chi connectivity index (χ1n) is 6.37. The predicted molar refractivity (Wildman–Crippen MR) is 71.0 cm³/mol. The zero-order valence-corrected chi connectivity index (χ0v) is 11.8. The van der Waals surface area contributed by atoms with Crippen molar-refractivity contribution in [2.24, 2.45) is 5.41 Å². The minimum atomic E-state index is -4.77. The van der Waals surface area contributed by atoms with Gasteiger partial charge in [0.2, 0.25) is 0 Å². The molecule has 0 aliphatic carbocycles. The van der Waals surface area contributed by atoms with Crippen molar-refractivity contribution >= 4 is 12.1 Å². The Hall–Kier alpha value is -2.25. The number of carboxylic acids is 1. The summed E-state index contributed by atoms with van der Waals surface area (Å²) in [5, 5.41) is 10.5. The van der Waals surface area contributed by atoms with Crippen molar-refractivity contribution in [3.63, 3.8) is 0 Å². The summed E-state index contributed by atoms with van der Waals surface area (Å²) in [6.07, 6.45) is -6.95. The summed E-state index contributed by atoms with van der Waals surface area (Å²) in [7, 11) is 0. The molecule has 0 saturated heterocycles. The van der Waals surface area contributed by atoms with Gasteiger partial charge in [0.05, 0.1) is 11.8 Å². The molecule has 0 fully saturated rings. The number of alkyl carbamates (subject to hydrolysis) is 1. The lowest BCUT2D eigenvalue weighted by Crippen LogP contribution is -2.46. The molecule has 0 radical (unpaired) electrons. The van der Waals surface area contributed by atoms with E-state index in [4.69, 9.17) is 9.84 Å². The molecule has 0 spiro atoms. The van der Waals surface area contributed by atoms with E-state index in [0.717, 1.165) is 6.92 Å². The lowest BCUT2D eigenvalue weighted by molar-refractivity contribution is -0.220. The van der Waals surface area contributed by atoms with Gasteiger partial charge in [-0.25, -0.2) is 4.79 Å². The Morgan fingerprint density at radius 1 is 1.23 bits per heavy atom. The van der Waals surface area contributed by atoms with Gasteiger partial charge in [-0.1, -0.05) is 30.3 Å². The van der Waals surface area contributed by atoms with Crippen LogP contribution < -0.4 is 5.32 Å². The molecule has 0 aromatic heterocycles. The Balaban J connectivity index is 2.54. The fourth-order valence-corrected chi connectivity index (χ4v) is 1.64. The van der Waals surface area contributed by atoms with Crippen LogP contribution in [0.15, 0.2) is 30.3 Å². The number of amides is 1. The normalized spacial score (nSPS) is 14.0. The highest BCUT2D eigenvalue weighted by Crippen LogP contribution is 2.40. The van der Waals surface area contributed by atoms with Crippen LogP contribution in [0.1, 0.15) is 18.9 Å². The summed E-state index contributed by atoms with van der Waals surface area (Å²) in [6.45, 7) is -0.233. The molecule has 0 aliphatic rings. The highest BCUT2D eigenvalue weighted by atomic mass is 19.4. The quantitative estimate of drug-likeness (QED) is 0.845. The monoisotopic (exact) mass is 319 g/mol. The highest BCUT2D eigenvalue weighted by molar-refractivity contribution is 5.69. The van der Waals surface area contributed by atoms with Crippen LogP contribution in [0.5, 0.6) is 0 Å². The first kappa shape index (κ1) is 17.8. The first-order chi connectivity index (χ1) is 10.1. The molecule has 0 aliphatic heterocycles. The second kappa shape index (κ2) is 7.15. The summed E-state index contributed by atoms with van der Waals surface area (Å²) in [6, 6.07) is 8.60. The largest absolute Gasteiger partial charge is 0.481 e. The van der Waals surface area contributed by atoms with Gasteiger partial charge in [-0.2, -0.15) is 13.2 Å². The highest BCUT2D eigenvalue weighted by Gasteiger charge is 2.52. The average molecular weight is 319 g/mol. The number of rotatable bonds is 6. The maximum absolute atomic E-state index is 12.9. The standard InChI is InChI=1S/C14H16F3NO4/c1-13(7-11(19)20,14(15,16)17)9-18-12(21)22-8-10-5-3-2-4-6-10/h2-6H,7-9H2,1H3,(H,18,21)(H,19,20). The molecule has 122 valence electrons. The number of carbonyl (C=O) groups is 2. The SMILES string of the molecule is CC(CNC(=O)OCc1ccccc1)(CC(=O)O)C(F)(F)F. The van der Waals surface area contributed by atoms with E-state index in [9.17, 15) is 22.8 Å². The first-order valence-corrected chi connectivity index (χ1v) is 6.37. The summed E-state index contributed by atoms with van der Waals surface area (Å²) in [4.78, 5) is 22.0. The Morgan fingerprint density at radius 3 is 2.32 bits per heavy atom. The molecule has 1 rings (SSSR count). The molecular formula is C14H16F3NO4. The lowest BCUT2D eigenvalue weighted by atomic mass is 9.86. The third-order valence-corrected chi connectivity index (χ3v) is 3.06. The van der Waals surface area contributed by atoms with E-state index >= 15 is 0 Å². The third-order valence-electron chi connectivity index (χ3n) is 3.06. The molecule has 1 unspecified atom stereocenters. The van der Waals surface area contributed by atoms with Gasteiger partial charge in [-0.3, -0.25) is 4.79 Å². The molecule has 0 saturated carbocycles. The van der Waals surface area contributed by atoms with Gasteiger partial charge in [0.15, 0.2) is 0 Å². The smallest absolute Gasteiger partial charge is 0.407 e. The van der Waals surface area contributed by atoms with Crippen LogP contribution in [0, 0.1) is 5.41 Å². The van der Waals surface area contributed by atoms with E-state index in [1.54, 1.807) is 30.3 Å². The number of hydrogen-bond acceptors (Lipinski definition) is 3. The predicted octanol–water partition coefficient (Wildman–Crippen LogP) is 2.96. The second-order valence-corrected chi connectivity index (χ2v) is 5.04. The van der Waals surface area contributed by atoms with Gasteiger partial charge in [-0.15, -0.1) is 0 Å². The Kier molecular flexibility index (Phi) is 5.78. The molecule has 1 aromatic carbocycles. The molecule has 5 nitrogen and oxygen atoms in total. The maximum atomic E-state index is 12.9. The Morgan fingerprint density at radius 2 is 1.82 bits per heavy atom. The molecule has 1 atom stereocenters. The van der Waals surface area contributed by atoms with E-state index in [-0.39, 0.29) is 6.61 Å². The topological polar surface area (TPSA) is 75.6 Å². The number of benzene rings is 1. The van der Waals surface area contributed by atoms with E-state index < -0.39 is 36.6 Å². The van der Waals surface area contributed by atoms with Crippen LogP contribution in [0.25, 0.3) is 0 Å². The van der Waals surface area contributed by atoms with Crippen molar-refractivity contribution < 1.29 is 32.6 Å². The van der Waals surface area contributed by atoms with E-state index in [0.29, 0.717) is 5.56 Å². The van der Waals surface area contributed by atoms with Crippen LogP contribution in [-0.2, 0) is 16.1 Å². The number of halogens is 3. The van der Waals surface area contributed by atoms with Crippen LogP contribution >= 0.6 is 0 Å². The number of carboxylic acid groups (broad SMARTS) is 1. The van der Waals surface area contributed by atoms with Gasteiger partial charge in [0.25, 0.3) is 0 Å². The van der Waals surface area contributed by atoms with Crippen LogP contribution in [0.4, 0.5) is 18.0 Å². The zero-order chi connectivity index (χ0) is 16.8. The van der Waals surface area contributed by atoms with Crippen molar-refractivity contribution in [2.45, 2.75) is 26.1 Å². The van der Waals surface area contributed by atoms with Gasteiger partial charge < -0.3 is 15.2 Å². The third kappa shape index (κ3) is 5.27. The number of aliphatic carboxylic acids is 1. The Bertz CT molecular complexity index is 519. The van der Waals surface area contributed by atoms with Crippen molar-refractivity contribution in [3.8, 4) is 0 Å². The number of hydrogen-bond donors (Lipinski definition) is 2. The van der Waals surface area contributed by atoms with Crippen molar-refractivity contribution in [3.05, 3.63) is 35.9 Å². The van der Waals surface area contributed by atoms with E-state index in [1.807, 2.05) is 5.32 Å². The fourth-order valence-electron chi connectivity index (χ4n) is 1.64. The molecule has 1 amide bonds. The van der Waals surface area contributed by atoms with Crippen molar-refractivity contribution in [1.29, 1.82) is 0 Å². The van der Waals surface area contributed by atoms with E-state index in [2.05, 4.69) is 0 Å². The van der Waals surface area contributed by atoms with E-state index in [1.165, 1.54) is 0 Å². The molecular weight excluding hydrogens is 303 g/mol. The summed E-state index contributed by atoms with van der Waals surface area (Å²) >= 11 is 0. The average Bonchev–Trinajstić information content (AvgIpc) is 2.42. The van der Waals surface area contributed by atoms with Crippen LogP contribution in [0.3, 0.4) is 0 Å². The molecule has 0 bridgehead atoms. The maximum Gasteiger partial charge on any atom is 0.407 e. The minimum Gasteiger partial charge on any atom is -0.481 e. The fraction of sp³-hybridized carbons (Fsp3) is 0.429. The summed E-state index contributed by atoms with van der Waals surface area (Å²) in [5.41, 5.74) is -1.88. The molecule has 8 heteroatoms. The number of nitrogens with one attached hydrogen (secondary N) is 1. The summed E-state index contributed by atoms with van der Waals surface area (Å²) in [5.74, 6) is -1.60. The molecule has 2 N–H and O–H groups in total. The van der Waals surface area contributed by atoms with Crippen molar-refractivity contribution in [1.82, 2.24) is 5.32 Å². The van der Waals surface area contributed by atoms with Crippen LogP contribution in [0.2, 0.25) is 0 Å². The molecule has 1 aromatic rings. The Labute approximate surface area is 125 Å². The second-order valence-electron chi connectivity index (χ2n) is 5.04. The molecule has 0 heterocycles. The van der Waals surface area contributed by atoms with Crippen molar-refractivity contribution in [2.75, 3.05) is 6.54 Å². The number of carbonyl (C=O) groups excluding carboxylic acids is 1. The zero-order valence-electron chi connectivity index (χ0n) is 11.8. The van der Waals surface area contributed by atoms with Gasteiger partial charge in [0, 0.05) is 6.54 Å². The number of ether oxygens (including phenoxy) is 1. The van der Waals surface area contributed by atoms with Crippen LogP contribution in [-0.4, -0.2) is 29.9 Å². The lowest BCUT2D eigenvalue weighted by Gasteiger charge is -2.30. The minimum absolute atomic E-state index is 0.0890. The molecule has 22 heavy (non-hydrogen) atoms. The van der Waals surface area contributed by atoms with Gasteiger partial charge in [-0.05, 0) is 12.5 Å². The van der Waals surface area contributed by atoms with Gasteiger partial charge in [0.1, 0.15) is 6.61 Å². The summed E-state index contributed by atoms with van der Waals surface area (Å²) < 4.78 is 43.5. The number of alkyl halides is 3.